The molecule has 3 nitrogen and oxygen atoms in total. The summed E-state index contributed by atoms with van der Waals surface area (Å²) < 4.78 is 5.19. The Hall–Kier alpha value is -1.51. The van der Waals surface area contributed by atoms with Gasteiger partial charge in [0, 0.05) is 12.7 Å². The van der Waals surface area contributed by atoms with E-state index in [0.717, 1.165) is 18.5 Å². The van der Waals surface area contributed by atoms with Crippen molar-refractivity contribution in [2.45, 2.75) is 26.7 Å². The van der Waals surface area contributed by atoms with Gasteiger partial charge in [-0.05, 0) is 43.0 Å². The molecule has 0 saturated heterocycles. The maximum absolute atomic E-state index is 11.6. The number of benzene rings is 1. The van der Waals surface area contributed by atoms with Gasteiger partial charge >= 0.3 is 5.97 Å². The summed E-state index contributed by atoms with van der Waals surface area (Å²) in [5.74, 6) is 0.417. The second-order valence-corrected chi connectivity index (χ2v) is 4.50. The molecule has 94 valence electrons. The molecule has 0 bridgehead atoms. The van der Waals surface area contributed by atoms with Gasteiger partial charge in [0.25, 0.3) is 0 Å². The fourth-order valence-corrected chi connectivity index (χ4v) is 1.51. The van der Waals surface area contributed by atoms with Gasteiger partial charge in [0.15, 0.2) is 0 Å². The summed E-state index contributed by atoms with van der Waals surface area (Å²) in [7, 11) is 1.85. The third kappa shape index (κ3) is 4.89. The lowest BCUT2D eigenvalue weighted by Gasteiger charge is -2.07. The van der Waals surface area contributed by atoms with Crippen LogP contribution in [0.15, 0.2) is 24.3 Å². The molecule has 1 rings (SSSR count). The minimum Gasteiger partial charge on any atom is -0.462 e. The Balaban J connectivity index is 2.36. The van der Waals surface area contributed by atoms with Crippen molar-refractivity contribution in [3.8, 4) is 0 Å². The number of anilines is 1. The normalized spacial score (nSPS) is 10.4. The molecule has 0 amide bonds. The van der Waals surface area contributed by atoms with Crippen molar-refractivity contribution < 1.29 is 9.53 Å². The number of esters is 1. The first-order valence-electron chi connectivity index (χ1n) is 6.08. The number of hydrogen-bond donors (Lipinski definition) is 1. The zero-order valence-corrected chi connectivity index (χ0v) is 10.8. The van der Waals surface area contributed by atoms with Crippen LogP contribution in [0, 0.1) is 5.92 Å². The molecule has 0 aliphatic rings. The first kappa shape index (κ1) is 13.6. The summed E-state index contributed by atoms with van der Waals surface area (Å²) >= 11 is 0. The average Bonchev–Trinajstić information content (AvgIpc) is 2.34. The Morgan fingerprint density at radius 3 is 2.47 bits per heavy atom. The number of rotatable bonds is 6. The van der Waals surface area contributed by atoms with Crippen molar-refractivity contribution >= 4 is 11.7 Å². The van der Waals surface area contributed by atoms with E-state index in [2.05, 4.69) is 19.2 Å². The maximum Gasteiger partial charge on any atom is 0.338 e. The molecule has 0 aliphatic heterocycles. The van der Waals surface area contributed by atoms with E-state index in [1.165, 1.54) is 0 Å². The van der Waals surface area contributed by atoms with Crippen LogP contribution in [-0.4, -0.2) is 19.6 Å². The van der Waals surface area contributed by atoms with Crippen LogP contribution >= 0.6 is 0 Å². The summed E-state index contributed by atoms with van der Waals surface area (Å²) in [4.78, 5) is 11.6. The highest BCUT2D eigenvalue weighted by atomic mass is 16.5. The van der Waals surface area contributed by atoms with Crippen LogP contribution < -0.4 is 5.32 Å². The highest BCUT2D eigenvalue weighted by Crippen LogP contribution is 2.10. The van der Waals surface area contributed by atoms with Crippen LogP contribution in [0.2, 0.25) is 0 Å². The van der Waals surface area contributed by atoms with Crippen molar-refractivity contribution in [1.29, 1.82) is 0 Å². The van der Waals surface area contributed by atoms with Gasteiger partial charge in [-0.3, -0.25) is 0 Å². The third-order valence-corrected chi connectivity index (χ3v) is 2.57. The van der Waals surface area contributed by atoms with Gasteiger partial charge in [-0.2, -0.15) is 0 Å². The van der Waals surface area contributed by atoms with Gasteiger partial charge in [0.1, 0.15) is 0 Å². The van der Waals surface area contributed by atoms with Crippen molar-refractivity contribution in [1.82, 2.24) is 0 Å². The average molecular weight is 235 g/mol. The molecule has 1 aromatic carbocycles. The van der Waals surface area contributed by atoms with E-state index < -0.39 is 0 Å². The van der Waals surface area contributed by atoms with Crippen molar-refractivity contribution in [2.75, 3.05) is 19.0 Å². The summed E-state index contributed by atoms with van der Waals surface area (Å²) in [5, 5.41) is 3.01. The SMILES string of the molecule is CNc1ccc(C(=O)OCCCC(C)C)cc1. The molecule has 0 fully saturated rings. The van der Waals surface area contributed by atoms with Crippen LogP contribution in [-0.2, 0) is 4.74 Å². The lowest BCUT2D eigenvalue weighted by atomic mass is 10.1. The van der Waals surface area contributed by atoms with Gasteiger partial charge in [0.05, 0.1) is 12.2 Å². The van der Waals surface area contributed by atoms with Crippen molar-refractivity contribution in [2.24, 2.45) is 5.92 Å². The Morgan fingerprint density at radius 2 is 1.94 bits per heavy atom. The molecule has 0 atom stereocenters. The van der Waals surface area contributed by atoms with E-state index in [9.17, 15) is 4.79 Å². The topological polar surface area (TPSA) is 38.3 Å². The second kappa shape index (κ2) is 6.94. The van der Waals surface area contributed by atoms with Crippen LogP contribution in [0.1, 0.15) is 37.0 Å². The monoisotopic (exact) mass is 235 g/mol. The van der Waals surface area contributed by atoms with E-state index in [4.69, 9.17) is 4.74 Å². The minimum atomic E-state index is -0.239. The number of carbonyl (C=O) groups excluding carboxylic acids is 1. The van der Waals surface area contributed by atoms with Gasteiger partial charge in [-0.25, -0.2) is 4.79 Å². The summed E-state index contributed by atoms with van der Waals surface area (Å²) in [5.41, 5.74) is 1.59. The standard InChI is InChI=1S/C14H21NO2/c1-11(2)5-4-10-17-14(16)12-6-8-13(15-3)9-7-12/h6-9,11,15H,4-5,10H2,1-3H3. The van der Waals surface area contributed by atoms with Crippen LogP contribution in [0.25, 0.3) is 0 Å². The fraction of sp³-hybridized carbons (Fsp3) is 0.500. The number of nitrogens with one attached hydrogen (secondary N) is 1. The van der Waals surface area contributed by atoms with Gasteiger partial charge in [-0.1, -0.05) is 13.8 Å². The van der Waals surface area contributed by atoms with E-state index >= 15 is 0 Å². The highest BCUT2D eigenvalue weighted by molar-refractivity contribution is 5.89. The molecule has 0 saturated carbocycles. The largest absolute Gasteiger partial charge is 0.462 e. The predicted octanol–water partition coefficient (Wildman–Crippen LogP) is 3.32. The van der Waals surface area contributed by atoms with Gasteiger partial charge in [0.2, 0.25) is 0 Å². The Bertz CT molecular complexity index is 344. The summed E-state index contributed by atoms with van der Waals surface area (Å²) in [6.07, 6.45) is 2.02. The lowest BCUT2D eigenvalue weighted by molar-refractivity contribution is 0.0495. The zero-order chi connectivity index (χ0) is 12.7. The molecular formula is C14H21NO2. The van der Waals surface area contributed by atoms with Gasteiger partial charge in [-0.15, -0.1) is 0 Å². The van der Waals surface area contributed by atoms with E-state index in [-0.39, 0.29) is 5.97 Å². The predicted molar refractivity (Wildman–Crippen MR) is 70.3 cm³/mol. The summed E-state index contributed by atoms with van der Waals surface area (Å²) in [6.45, 7) is 4.83. The molecule has 1 N–H and O–H groups in total. The molecule has 0 aliphatic carbocycles. The molecule has 0 radical (unpaired) electrons. The molecule has 0 unspecified atom stereocenters. The van der Waals surface area contributed by atoms with Crippen molar-refractivity contribution in [3.05, 3.63) is 29.8 Å². The lowest BCUT2D eigenvalue weighted by Crippen LogP contribution is -2.07. The Kier molecular flexibility index (Phi) is 5.53. The molecule has 0 aromatic heterocycles. The van der Waals surface area contributed by atoms with Crippen LogP contribution in [0.5, 0.6) is 0 Å². The number of ether oxygens (including phenoxy) is 1. The quantitative estimate of drug-likeness (QED) is 0.607. The zero-order valence-electron chi connectivity index (χ0n) is 10.8. The molecule has 1 aromatic rings. The first-order valence-corrected chi connectivity index (χ1v) is 6.08. The molecule has 3 heteroatoms. The molecule has 17 heavy (non-hydrogen) atoms. The molecule has 0 heterocycles. The number of carbonyl (C=O) groups is 1. The van der Waals surface area contributed by atoms with Crippen LogP contribution in [0.4, 0.5) is 5.69 Å². The van der Waals surface area contributed by atoms with Crippen LogP contribution in [0.3, 0.4) is 0 Å². The smallest absolute Gasteiger partial charge is 0.338 e. The Labute approximate surface area is 103 Å². The first-order chi connectivity index (χ1) is 8.13. The minimum absolute atomic E-state index is 0.239. The van der Waals surface area contributed by atoms with Crippen molar-refractivity contribution in [3.63, 3.8) is 0 Å². The maximum atomic E-state index is 11.6. The highest BCUT2D eigenvalue weighted by Gasteiger charge is 2.06. The molecular weight excluding hydrogens is 214 g/mol. The second-order valence-electron chi connectivity index (χ2n) is 4.50. The van der Waals surface area contributed by atoms with Gasteiger partial charge < -0.3 is 10.1 Å². The van der Waals surface area contributed by atoms with E-state index in [1.54, 1.807) is 12.1 Å². The number of hydrogen-bond acceptors (Lipinski definition) is 3. The Morgan fingerprint density at radius 1 is 1.29 bits per heavy atom. The van der Waals surface area contributed by atoms with E-state index in [0.29, 0.717) is 18.1 Å². The molecule has 0 spiro atoms. The summed E-state index contributed by atoms with van der Waals surface area (Å²) in [6, 6.07) is 7.28. The fourth-order valence-electron chi connectivity index (χ4n) is 1.51. The third-order valence-electron chi connectivity index (χ3n) is 2.57. The van der Waals surface area contributed by atoms with E-state index in [1.807, 2.05) is 19.2 Å².